The minimum atomic E-state index is 0.132. The monoisotopic (exact) mass is 179 g/mol. The Hall–Kier alpha value is 0.310. The van der Waals surface area contributed by atoms with Crippen molar-refractivity contribution in [2.75, 3.05) is 20.2 Å². The van der Waals surface area contributed by atoms with E-state index >= 15 is 0 Å². The Bertz CT molecular complexity index is 90.5. The molecule has 68 valence electrons. The van der Waals surface area contributed by atoms with Crippen molar-refractivity contribution in [3.63, 3.8) is 0 Å². The molecule has 0 rings (SSSR count). The third-order valence-corrected chi connectivity index (χ3v) is 1.62. The molecule has 0 aromatic carbocycles. The van der Waals surface area contributed by atoms with E-state index in [0.717, 1.165) is 6.54 Å². The lowest BCUT2D eigenvalue weighted by atomic mass is 10.4. The van der Waals surface area contributed by atoms with Crippen molar-refractivity contribution in [2.24, 2.45) is 0 Å². The second-order valence-electron chi connectivity index (χ2n) is 2.70. The van der Waals surface area contributed by atoms with E-state index in [1.54, 1.807) is 0 Å². The van der Waals surface area contributed by atoms with Crippen molar-refractivity contribution in [3.8, 4) is 0 Å². The molecule has 0 bridgehead atoms. The summed E-state index contributed by atoms with van der Waals surface area (Å²) in [6.07, 6.45) is 0.405. The Kier molecular flexibility index (Phi) is 7.18. The molecular formula is C7H18NO2P. The summed E-state index contributed by atoms with van der Waals surface area (Å²) in [5.74, 6) is 0. The van der Waals surface area contributed by atoms with Crippen LogP contribution in [0.2, 0.25) is 0 Å². The van der Waals surface area contributed by atoms with E-state index in [2.05, 4.69) is 14.8 Å². The van der Waals surface area contributed by atoms with Gasteiger partial charge in [0.1, 0.15) is 0 Å². The predicted molar refractivity (Wildman–Crippen MR) is 49.6 cm³/mol. The standard InChI is InChI=1S/C7H18NO2P/c1-6(2)9-5-7(10-11)4-8-3/h6-8H,4-5,11H2,1-3H3. The summed E-state index contributed by atoms with van der Waals surface area (Å²) in [5.41, 5.74) is 0. The van der Waals surface area contributed by atoms with Crippen molar-refractivity contribution < 1.29 is 9.26 Å². The van der Waals surface area contributed by atoms with Crippen molar-refractivity contribution in [1.82, 2.24) is 5.32 Å². The van der Waals surface area contributed by atoms with Crippen molar-refractivity contribution >= 4 is 9.47 Å². The summed E-state index contributed by atoms with van der Waals surface area (Å²) >= 11 is 0. The van der Waals surface area contributed by atoms with Gasteiger partial charge in [0.25, 0.3) is 0 Å². The minimum absolute atomic E-state index is 0.132. The van der Waals surface area contributed by atoms with E-state index in [4.69, 9.17) is 9.26 Å². The zero-order valence-corrected chi connectivity index (χ0v) is 8.62. The Morgan fingerprint density at radius 1 is 1.45 bits per heavy atom. The van der Waals surface area contributed by atoms with Gasteiger partial charge in [-0.25, -0.2) is 0 Å². The van der Waals surface area contributed by atoms with Crippen molar-refractivity contribution in [2.45, 2.75) is 26.1 Å². The van der Waals surface area contributed by atoms with Crippen LogP contribution < -0.4 is 5.32 Å². The second-order valence-corrected chi connectivity index (χ2v) is 2.97. The summed E-state index contributed by atoms with van der Waals surface area (Å²) in [6, 6.07) is 0. The molecule has 0 saturated heterocycles. The first-order valence-electron chi connectivity index (χ1n) is 3.82. The highest BCUT2D eigenvalue weighted by atomic mass is 31.0. The van der Waals surface area contributed by atoms with Gasteiger partial charge < -0.3 is 14.6 Å². The molecule has 0 radical (unpaired) electrons. The fourth-order valence-corrected chi connectivity index (χ4v) is 0.849. The van der Waals surface area contributed by atoms with E-state index < -0.39 is 0 Å². The highest BCUT2D eigenvalue weighted by Gasteiger charge is 2.06. The average molecular weight is 179 g/mol. The summed E-state index contributed by atoms with van der Waals surface area (Å²) in [7, 11) is 4.15. The summed E-state index contributed by atoms with van der Waals surface area (Å²) in [5, 5.41) is 3.02. The third-order valence-electron chi connectivity index (χ3n) is 1.24. The van der Waals surface area contributed by atoms with Gasteiger partial charge in [-0.2, -0.15) is 0 Å². The van der Waals surface area contributed by atoms with E-state index in [0.29, 0.717) is 6.61 Å². The van der Waals surface area contributed by atoms with Crippen LogP contribution in [0.5, 0.6) is 0 Å². The van der Waals surface area contributed by atoms with Crippen LogP contribution in [-0.2, 0) is 9.26 Å². The molecule has 0 heterocycles. The SMILES string of the molecule is CNCC(COC(C)C)OP. The minimum Gasteiger partial charge on any atom is -0.376 e. The average Bonchev–Trinajstić information content (AvgIpc) is 1.97. The highest BCUT2D eigenvalue weighted by molar-refractivity contribution is 7.09. The molecule has 0 aromatic heterocycles. The van der Waals surface area contributed by atoms with Gasteiger partial charge in [0.2, 0.25) is 0 Å². The van der Waals surface area contributed by atoms with E-state index in [1.807, 2.05) is 20.9 Å². The van der Waals surface area contributed by atoms with E-state index in [-0.39, 0.29) is 12.2 Å². The first-order chi connectivity index (χ1) is 5.20. The van der Waals surface area contributed by atoms with Gasteiger partial charge in [0.05, 0.1) is 18.8 Å². The number of ether oxygens (including phenoxy) is 1. The zero-order chi connectivity index (χ0) is 8.69. The molecule has 0 saturated carbocycles. The normalized spacial score (nSPS) is 13.9. The van der Waals surface area contributed by atoms with Crippen molar-refractivity contribution in [3.05, 3.63) is 0 Å². The maximum atomic E-state index is 5.37. The first kappa shape index (κ1) is 11.3. The molecule has 11 heavy (non-hydrogen) atoms. The summed E-state index contributed by atoms with van der Waals surface area (Å²) in [6.45, 7) is 5.48. The third kappa shape index (κ3) is 6.70. The molecule has 0 fully saturated rings. The molecule has 0 aromatic rings. The number of hydrogen-bond donors (Lipinski definition) is 1. The van der Waals surface area contributed by atoms with Crippen LogP contribution >= 0.6 is 9.47 Å². The van der Waals surface area contributed by atoms with Gasteiger partial charge in [0, 0.05) is 16.0 Å². The molecule has 0 spiro atoms. The second kappa shape index (κ2) is 6.99. The lowest BCUT2D eigenvalue weighted by Crippen LogP contribution is -2.29. The number of hydrogen-bond acceptors (Lipinski definition) is 3. The quantitative estimate of drug-likeness (QED) is 0.612. The van der Waals surface area contributed by atoms with Crippen molar-refractivity contribution in [1.29, 1.82) is 0 Å². The molecular weight excluding hydrogens is 161 g/mol. The number of likely N-dealkylation sites (N-methyl/N-ethyl adjacent to an activating group) is 1. The van der Waals surface area contributed by atoms with Gasteiger partial charge in [0.15, 0.2) is 0 Å². The Balaban J connectivity index is 3.35. The molecule has 0 aliphatic heterocycles. The van der Waals surface area contributed by atoms with Crippen LogP contribution in [0.1, 0.15) is 13.8 Å². The lowest BCUT2D eigenvalue weighted by Gasteiger charge is -2.16. The molecule has 2 unspecified atom stereocenters. The van der Waals surface area contributed by atoms with Gasteiger partial charge in [-0.3, -0.25) is 0 Å². The predicted octanol–water partition coefficient (Wildman–Crippen LogP) is 0.806. The van der Waals surface area contributed by atoms with Crippen LogP contribution in [-0.4, -0.2) is 32.4 Å². The maximum absolute atomic E-state index is 5.37. The number of nitrogens with one attached hydrogen (secondary N) is 1. The van der Waals surface area contributed by atoms with E-state index in [9.17, 15) is 0 Å². The van der Waals surface area contributed by atoms with Crippen LogP contribution in [0.25, 0.3) is 0 Å². The fourth-order valence-electron chi connectivity index (χ4n) is 0.674. The Morgan fingerprint density at radius 3 is 2.45 bits per heavy atom. The molecule has 0 aliphatic carbocycles. The molecule has 0 amide bonds. The van der Waals surface area contributed by atoms with E-state index in [1.165, 1.54) is 0 Å². The van der Waals surface area contributed by atoms with Crippen LogP contribution in [0, 0.1) is 0 Å². The van der Waals surface area contributed by atoms with Crippen LogP contribution in [0.4, 0.5) is 0 Å². The molecule has 2 atom stereocenters. The topological polar surface area (TPSA) is 30.5 Å². The van der Waals surface area contributed by atoms with Crippen LogP contribution in [0.3, 0.4) is 0 Å². The zero-order valence-electron chi connectivity index (χ0n) is 7.46. The van der Waals surface area contributed by atoms with Gasteiger partial charge in [-0.15, -0.1) is 0 Å². The molecule has 0 aliphatic rings. The lowest BCUT2D eigenvalue weighted by molar-refractivity contribution is 0.0238. The first-order valence-corrected chi connectivity index (χ1v) is 4.29. The smallest absolute Gasteiger partial charge is 0.0968 e. The maximum Gasteiger partial charge on any atom is 0.0968 e. The summed E-state index contributed by atoms with van der Waals surface area (Å²) < 4.78 is 10.4. The fraction of sp³-hybridized carbons (Fsp3) is 1.00. The summed E-state index contributed by atoms with van der Waals surface area (Å²) in [4.78, 5) is 0. The van der Waals surface area contributed by atoms with Gasteiger partial charge >= 0.3 is 0 Å². The molecule has 1 N–H and O–H groups in total. The largest absolute Gasteiger partial charge is 0.376 e. The van der Waals surface area contributed by atoms with Gasteiger partial charge in [-0.05, 0) is 20.9 Å². The Labute approximate surface area is 71.1 Å². The molecule has 4 heteroatoms. The number of rotatable bonds is 6. The van der Waals surface area contributed by atoms with Crippen LogP contribution in [0.15, 0.2) is 0 Å². The molecule has 3 nitrogen and oxygen atoms in total. The Morgan fingerprint density at radius 2 is 2.09 bits per heavy atom. The van der Waals surface area contributed by atoms with Gasteiger partial charge in [-0.1, -0.05) is 0 Å². The highest BCUT2D eigenvalue weighted by Crippen LogP contribution is 1.99.